The van der Waals surface area contributed by atoms with Gasteiger partial charge < -0.3 is 14.7 Å². The molecule has 0 heterocycles. The molecule has 1 fully saturated rings. The number of likely N-dealkylation sites (N-methyl/N-ethyl adjacent to an activating group) is 1. The molecular weight excluding hydrogens is 262 g/mol. The summed E-state index contributed by atoms with van der Waals surface area (Å²) in [5, 5.41) is 11.1. The van der Waals surface area contributed by atoms with E-state index in [1.807, 2.05) is 24.3 Å². The Morgan fingerprint density at radius 2 is 1.86 bits per heavy atom. The number of aliphatic hydroxyl groups excluding tert-OH is 1. The first kappa shape index (κ1) is 16.3. The van der Waals surface area contributed by atoms with Crippen molar-refractivity contribution < 1.29 is 9.84 Å². The molecule has 1 aromatic rings. The molecule has 1 aromatic carbocycles. The van der Waals surface area contributed by atoms with Gasteiger partial charge in [0.2, 0.25) is 0 Å². The third kappa shape index (κ3) is 3.41. The second kappa shape index (κ2) is 7.28. The SMILES string of the molecule is CCCOc1ccccc1C(O)C1(N(C)C)CCCCC1. The fourth-order valence-corrected chi connectivity index (χ4v) is 3.47. The third-order valence-electron chi connectivity index (χ3n) is 4.79. The van der Waals surface area contributed by atoms with Gasteiger partial charge >= 0.3 is 0 Å². The first-order valence-electron chi connectivity index (χ1n) is 8.19. The highest BCUT2D eigenvalue weighted by atomic mass is 16.5. The first-order chi connectivity index (χ1) is 10.1. The smallest absolute Gasteiger partial charge is 0.125 e. The van der Waals surface area contributed by atoms with E-state index in [-0.39, 0.29) is 5.54 Å². The number of ether oxygens (including phenoxy) is 1. The van der Waals surface area contributed by atoms with Crippen LogP contribution in [0.4, 0.5) is 0 Å². The molecule has 1 aliphatic rings. The van der Waals surface area contributed by atoms with Crippen LogP contribution in [-0.2, 0) is 0 Å². The van der Waals surface area contributed by atoms with E-state index in [9.17, 15) is 5.11 Å². The van der Waals surface area contributed by atoms with Crippen molar-refractivity contribution in [3.8, 4) is 5.75 Å². The van der Waals surface area contributed by atoms with Gasteiger partial charge in [0.05, 0.1) is 12.1 Å². The van der Waals surface area contributed by atoms with Crippen LogP contribution in [0.15, 0.2) is 24.3 Å². The van der Waals surface area contributed by atoms with Crippen LogP contribution in [0.5, 0.6) is 5.75 Å². The van der Waals surface area contributed by atoms with Gasteiger partial charge in [0.15, 0.2) is 0 Å². The Labute approximate surface area is 128 Å². The number of para-hydroxylation sites is 1. The van der Waals surface area contributed by atoms with Crippen molar-refractivity contribution >= 4 is 0 Å². The number of aliphatic hydroxyl groups is 1. The summed E-state index contributed by atoms with van der Waals surface area (Å²) >= 11 is 0. The molecule has 2 rings (SSSR count). The Hall–Kier alpha value is -1.06. The average molecular weight is 291 g/mol. The molecular formula is C18H29NO2. The minimum atomic E-state index is -0.499. The van der Waals surface area contributed by atoms with Crippen molar-refractivity contribution in [1.29, 1.82) is 0 Å². The average Bonchev–Trinajstić information content (AvgIpc) is 2.53. The Morgan fingerprint density at radius 1 is 1.19 bits per heavy atom. The minimum Gasteiger partial charge on any atom is -0.493 e. The van der Waals surface area contributed by atoms with Gasteiger partial charge in [-0.3, -0.25) is 0 Å². The van der Waals surface area contributed by atoms with Crippen LogP contribution in [-0.4, -0.2) is 36.2 Å². The van der Waals surface area contributed by atoms with Crippen LogP contribution in [0.25, 0.3) is 0 Å². The molecule has 21 heavy (non-hydrogen) atoms. The lowest BCUT2D eigenvalue weighted by Crippen LogP contribution is -2.50. The molecule has 0 saturated heterocycles. The Bertz CT molecular complexity index is 439. The Kier molecular flexibility index (Phi) is 5.65. The predicted octanol–water partition coefficient (Wildman–Crippen LogP) is 3.77. The van der Waals surface area contributed by atoms with Crippen LogP contribution < -0.4 is 4.74 Å². The van der Waals surface area contributed by atoms with Crippen molar-refractivity contribution in [2.24, 2.45) is 0 Å². The summed E-state index contributed by atoms with van der Waals surface area (Å²) in [6.07, 6.45) is 6.22. The Morgan fingerprint density at radius 3 is 2.48 bits per heavy atom. The molecule has 0 amide bonds. The zero-order chi connectivity index (χ0) is 15.3. The normalized spacial score (nSPS) is 19.5. The zero-order valence-corrected chi connectivity index (χ0v) is 13.6. The second-order valence-corrected chi connectivity index (χ2v) is 6.35. The standard InChI is InChI=1S/C18H29NO2/c1-4-14-21-16-11-7-6-10-15(16)17(20)18(19(2)3)12-8-5-9-13-18/h6-7,10-11,17,20H,4-5,8-9,12-14H2,1-3H3. The van der Waals surface area contributed by atoms with Gasteiger partial charge in [0.25, 0.3) is 0 Å². The molecule has 1 saturated carbocycles. The third-order valence-corrected chi connectivity index (χ3v) is 4.79. The van der Waals surface area contributed by atoms with Gasteiger partial charge in [-0.2, -0.15) is 0 Å². The summed E-state index contributed by atoms with van der Waals surface area (Å²) < 4.78 is 5.84. The molecule has 1 unspecified atom stereocenters. The van der Waals surface area contributed by atoms with Crippen molar-refractivity contribution in [3.63, 3.8) is 0 Å². The minimum absolute atomic E-state index is 0.163. The number of benzene rings is 1. The van der Waals surface area contributed by atoms with E-state index >= 15 is 0 Å². The van der Waals surface area contributed by atoms with Crippen LogP contribution in [0.2, 0.25) is 0 Å². The summed E-state index contributed by atoms with van der Waals surface area (Å²) in [7, 11) is 4.17. The van der Waals surface area contributed by atoms with Gasteiger partial charge in [-0.15, -0.1) is 0 Å². The highest BCUT2D eigenvalue weighted by molar-refractivity contribution is 5.37. The number of rotatable bonds is 6. The van der Waals surface area contributed by atoms with Crippen molar-refractivity contribution in [3.05, 3.63) is 29.8 Å². The molecule has 0 spiro atoms. The van der Waals surface area contributed by atoms with E-state index in [1.54, 1.807) is 0 Å². The van der Waals surface area contributed by atoms with Crippen molar-refractivity contribution in [2.45, 2.75) is 57.1 Å². The summed E-state index contributed by atoms with van der Waals surface area (Å²) in [5.41, 5.74) is 0.769. The number of nitrogens with zero attached hydrogens (tertiary/aromatic N) is 1. The lowest BCUT2D eigenvalue weighted by Gasteiger charge is -2.46. The predicted molar refractivity (Wildman–Crippen MR) is 86.7 cm³/mol. The van der Waals surface area contributed by atoms with E-state index in [1.165, 1.54) is 19.3 Å². The topological polar surface area (TPSA) is 32.7 Å². The number of hydrogen-bond acceptors (Lipinski definition) is 3. The largest absolute Gasteiger partial charge is 0.493 e. The van der Waals surface area contributed by atoms with Crippen molar-refractivity contribution in [1.82, 2.24) is 4.90 Å². The Balaban J connectivity index is 2.30. The molecule has 118 valence electrons. The molecule has 3 nitrogen and oxygen atoms in total. The van der Waals surface area contributed by atoms with Crippen LogP contribution >= 0.6 is 0 Å². The zero-order valence-electron chi connectivity index (χ0n) is 13.6. The molecule has 1 N–H and O–H groups in total. The highest BCUT2D eigenvalue weighted by Gasteiger charge is 2.42. The molecule has 0 aliphatic heterocycles. The summed E-state index contributed by atoms with van der Waals surface area (Å²) in [5.74, 6) is 0.832. The van der Waals surface area contributed by atoms with Gasteiger partial charge in [-0.05, 0) is 39.4 Å². The summed E-state index contributed by atoms with van der Waals surface area (Å²) in [4.78, 5) is 2.22. The molecule has 3 heteroatoms. The molecule has 1 aliphatic carbocycles. The van der Waals surface area contributed by atoms with Gasteiger partial charge in [0, 0.05) is 5.56 Å². The van der Waals surface area contributed by atoms with Crippen LogP contribution in [0.1, 0.15) is 57.1 Å². The van der Waals surface area contributed by atoms with Crippen LogP contribution in [0, 0.1) is 0 Å². The van der Waals surface area contributed by atoms with Gasteiger partial charge in [0.1, 0.15) is 11.9 Å². The lowest BCUT2D eigenvalue weighted by atomic mass is 9.74. The van der Waals surface area contributed by atoms with E-state index in [4.69, 9.17) is 4.74 Å². The maximum Gasteiger partial charge on any atom is 0.125 e. The second-order valence-electron chi connectivity index (χ2n) is 6.35. The highest BCUT2D eigenvalue weighted by Crippen LogP contribution is 2.44. The first-order valence-corrected chi connectivity index (χ1v) is 8.19. The van der Waals surface area contributed by atoms with E-state index in [2.05, 4.69) is 25.9 Å². The molecule has 1 atom stereocenters. The molecule has 0 aromatic heterocycles. The van der Waals surface area contributed by atoms with Crippen LogP contribution in [0.3, 0.4) is 0 Å². The maximum absolute atomic E-state index is 11.1. The maximum atomic E-state index is 11.1. The quantitative estimate of drug-likeness (QED) is 0.866. The fraction of sp³-hybridized carbons (Fsp3) is 0.667. The van der Waals surface area contributed by atoms with E-state index < -0.39 is 6.10 Å². The van der Waals surface area contributed by atoms with Crippen molar-refractivity contribution in [2.75, 3.05) is 20.7 Å². The van der Waals surface area contributed by atoms with E-state index in [0.29, 0.717) is 6.61 Å². The van der Waals surface area contributed by atoms with E-state index in [0.717, 1.165) is 30.6 Å². The van der Waals surface area contributed by atoms with Gasteiger partial charge in [-0.1, -0.05) is 44.4 Å². The number of hydrogen-bond donors (Lipinski definition) is 1. The summed E-state index contributed by atoms with van der Waals surface area (Å²) in [6.45, 7) is 2.79. The molecule has 0 bridgehead atoms. The van der Waals surface area contributed by atoms with Gasteiger partial charge in [-0.25, -0.2) is 0 Å². The summed E-state index contributed by atoms with van der Waals surface area (Å²) in [6, 6.07) is 7.95. The fourth-order valence-electron chi connectivity index (χ4n) is 3.47. The monoisotopic (exact) mass is 291 g/mol. The molecule has 0 radical (unpaired) electrons. The lowest BCUT2D eigenvalue weighted by molar-refractivity contribution is -0.0347.